The number of pyridine rings is 1. The van der Waals surface area contributed by atoms with Gasteiger partial charge in [0.2, 0.25) is 0 Å². The fourth-order valence-corrected chi connectivity index (χ4v) is 4.41. The van der Waals surface area contributed by atoms with Crippen LogP contribution in [0.5, 0.6) is 11.5 Å². The number of ether oxygens (including phenoxy) is 1. The molecule has 178 valence electrons. The Hall–Kier alpha value is -2.36. The molecule has 0 spiro atoms. The predicted molar refractivity (Wildman–Crippen MR) is 137 cm³/mol. The van der Waals surface area contributed by atoms with Gasteiger partial charge in [0.15, 0.2) is 5.65 Å². The van der Waals surface area contributed by atoms with Gasteiger partial charge in [0, 0.05) is 35.7 Å². The monoisotopic (exact) mass is 497 g/mol. The second-order valence-electron chi connectivity index (χ2n) is 6.82. The van der Waals surface area contributed by atoms with Crippen LogP contribution in [0.4, 0.5) is 0 Å². The first kappa shape index (κ1) is 28.9. The molecule has 35 heavy (non-hydrogen) atoms. The molecule has 0 saturated carbocycles. The van der Waals surface area contributed by atoms with E-state index in [-0.39, 0.29) is 29.6 Å². The number of benzene rings is 1. The van der Waals surface area contributed by atoms with Gasteiger partial charge in [-0.25, -0.2) is 9.50 Å². The van der Waals surface area contributed by atoms with Crippen molar-refractivity contribution < 1.29 is 34.3 Å². The molecule has 0 unspecified atom stereocenters. The first-order chi connectivity index (χ1) is 16.8. The molecule has 7 nitrogen and oxygen atoms in total. The van der Waals surface area contributed by atoms with Crippen molar-refractivity contribution in [3.05, 3.63) is 77.5 Å². The van der Waals surface area contributed by atoms with Crippen LogP contribution in [0.2, 0.25) is 0 Å². The summed E-state index contributed by atoms with van der Waals surface area (Å²) in [4.78, 5) is 14.8. The zero-order valence-corrected chi connectivity index (χ0v) is 24.1. The van der Waals surface area contributed by atoms with Crippen LogP contribution in [-0.4, -0.2) is 31.1 Å². The van der Waals surface area contributed by atoms with Crippen LogP contribution < -0.4 is 39.6 Å². The summed E-state index contributed by atoms with van der Waals surface area (Å²) in [5.41, 5.74) is 3.22. The SMILES string of the molecule is CC.CC.Cc1c[c-]ccc1Oc1ccn2ncnc2c1.[Na+].[c-]1ncnc2sc3c(c12)CCNC3. The van der Waals surface area contributed by atoms with Gasteiger partial charge in [-0.2, -0.15) is 34.6 Å². The Kier molecular flexibility index (Phi) is 12.3. The number of fused-ring (bicyclic) bond motifs is 4. The van der Waals surface area contributed by atoms with Crippen LogP contribution in [0.3, 0.4) is 0 Å². The van der Waals surface area contributed by atoms with Gasteiger partial charge < -0.3 is 20.0 Å². The molecule has 0 aliphatic carbocycles. The number of nitrogens with zero attached hydrogens (tertiary/aromatic N) is 5. The Labute approximate surface area is 233 Å². The molecule has 9 heteroatoms. The minimum absolute atomic E-state index is 0. The fourth-order valence-electron chi connectivity index (χ4n) is 3.30. The Morgan fingerprint density at radius 2 is 1.94 bits per heavy atom. The van der Waals surface area contributed by atoms with Gasteiger partial charge in [0.25, 0.3) is 0 Å². The number of hydrogen-bond acceptors (Lipinski definition) is 7. The normalized spacial score (nSPS) is 11.5. The van der Waals surface area contributed by atoms with Gasteiger partial charge in [-0.1, -0.05) is 40.0 Å². The van der Waals surface area contributed by atoms with Crippen molar-refractivity contribution in [1.82, 2.24) is 29.9 Å². The number of aromatic nitrogens is 5. The number of aryl methyl sites for hydroxylation is 1. The topological polar surface area (TPSA) is 77.2 Å². The van der Waals surface area contributed by atoms with Crippen LogP contribution in [0.15, 0.2) is 49.2 Å². The van der Waals surface area contributed by atoms with Crippen molar-refractivity contribution in [3.8, 4) is 11.5 Å². The third-order valence-corrected chi connectivity index (χ3v) is 5.96. The molecule has 0 atom stereocenters. The van der Waals surface area contributed by atoms with Gasteiger partial charge in [-0.15, -0.1) is 17.2 Å². The van der Waals surface area contributed by atoms with Gasteiger partial charge in [-0.3, -0.25) is 0 Å². The summed E-state index contributed by atoms with van der Waals surface area (Å²) in [6.07, 6.45) is 9.02. The molecule has 1 aromatic carbocycles. The van der Waals surface area contributed by atoms with Crippen molar-refractivity contribution >= 4 is 27.2 Å². The third kappa shape index (κ3) is 7.32. The van der Waals surface area contributed by atoms with Gasteiger partial charge in [0.05, 0.1) is 0 Å². The van der Waals surface area contributed by atoms with E-state index in [1.54, 1.807) is 22.2 Å². The quantitative estimate of drug-likeness (QED) is 0.299. The molecule has 0 radical (unpaired) electrons. The number of thiophene rings is 1. The first-order valence-corrected chi connectivity index (χ1v) is 12.4. The van der Waals surface area contributed by atoms with E-state index < -0.39 is 0 Å². The minimum atomic E-state index is 0. The molecule has 6 rings (SSSR count). The second kappa shape index (κ2) is 14.9. The van der Waals surface area contributed by atoms with E-state index >= 15 is 0 Å². The molecular weight excluding hydrogens is 467 g/mol. The van der Waals surface area contributed by atoms with Crippen LogP contribution in [0.1, 0.15) is 43.7 Å². The molecule has 5 aromatic rings. The van der Waals surface area contributed by atoms with E-state index in [1.165, 1.54) is 16.8 Å². The Balaban J connectivity index is 0.000000216. The van der Waals surface area contributed by atoms with Gasteiger partial charge in [-0.05, 0) is 30.1 Å². The average molecular weight is 498 g/mol. The molecule has 0 bridgehead atoms. The molecule has 5 heterocycles. The van der Waals surface area contributed by atoms with Crippen molar-refractivity contribution in [1.29, 1.82) is 0 Å². The molecule has 1 N–H and O–H groups in total. The molecule has 0 fully saturated rings. The maximum atomic E-state index is 5.79. The number of nitrogens with one attached hydrogen (secondary N) is 1. The van der Waals surface area contributed by atoms with E-state index in [2.05, 4.69) is 37.6 Å². The van der Waals surface area contributed by atoms with Crippen molar-refractivity contribution in [2.24, 2.45) is 0 Å². The molecule has 1 aliphatic heterocycles. The minimum Gasteiger partial charge on any atom is -0.482 e. The molecule has 4 aromatic heterocycles. The fraction of sp³-hybridized carbons (Fsp3) is 0.308. The van der Waals surface area contributed by atoms with E-state index in [0.29, 0.717) is 0 Å². The van der Waals surface area contributed by atoms with Gasteiger partial charge >= 0.3 is 29.6 Å². The zero-order chi connectivity index (χ0) is 24.3. The van der Waals surface area contributed by atoms with E-state index in [4.69, 9.17) is 4.74 Å². The van der Waals surface area contributed by atoms with Crippen LogP contribution >= 0.6 is 11.3 Å². The maximum absolute atomic E-state index is 5.79. The first-order valence-electron chi connectivity index (χ1n) is 11.6. The summed E-state index contributed by atoms with van der Waals surface area (Å²) >= 11 is 1.75. The van der Waals surface area contributed by atoms with Crippen molar-refractivity contribution in [2.75, 3.05) is 6.54 Å². The predicted octanol–water partition coefficient (Wildman–Crippen LogP) is 2.82. The Morgan fingerprint density at radius 3 is 2.74 bits per heavy atom. The van der Waals surface area contributed by atoms with Crippen LogP contribution in [0.25, 0.3) is 15.9 Å². The summed E-state index contributed by atoms with van der Waals surface area (Å²) in [5, 5.41) is 8.51. The van der Waals surface area contributed by atoms with Crippen LogP contribution in [0, 0.1) is 19.2 Å². The number of hydrogen-bond donors (Lipinski definition) is 1. The molecule has 1 aliphatic rings. The second-order valence-corrected chi connectivity index (χ2v) is 7.90. The smallest absolute Gasteiger partial charge is 0.482 e. The molecular formula is C26H30N6NaOS-. The van der Waals surface area contributed by atoms with Crippen LogP contribution in [-0.2, 0) is 13.0 Å². The van der Waals surface area contributed by atoms with Crippen molar-refractivity contribution in [2.45, 2.75) is 47.6 Å². The Morgan fingerprint density at radius 1 is 1.11 bits per heavy atom. The number of rotatable bonds is 2. The van der Waals surface area contributed by atoms with E-state index in [9.17, 15) is 0 Å². The largest absolute Gasteiger partial charge is 1.00 e. The van der Waals surface area contributed by atoms with E-state index in [1.807, 2.05) is 71.1 Å². The standard InChI is InChI=1S/C13H10N3O.C9H8N3S.2C2H6.Na/c1-10-4-2-3-5-12(10)17-11-6-7-16-13(8-11)14-9-15-16;1-2-10-4-8-6(1)7-3-11-5-12-9(7)13-8;2*1-2;/h3-9H,1H3;5,10H,1-2,4H2;2*1-2H3;/q2*-1;;;+1. The summed E-state index contributed by atoms with van der Waals surface area (Å²) < 4.78 is 7.48. The molecule has 0 saturated heterocycles. The van der Waals surface area contributed by atoms with Gasteiger partial charge in [0.1, 0.15) is 12.1 Å². The Bertz CT molecular complexity index is 1320. The van der Waals surface area contributed by atoms with E-state index in [0.717, 1.165) is 52.4 Å². The summed E-state index contributed by atoms with van der Waals surface area (Å²) in [5.74, 6) is 1.58. The third-order valence-electron chi connectivity index (χ3n) is 4.82. The average Bonchev–Trinajstić information content (AvgIpc) is 3.52. The zero-order valence-electron chi connectivity index (χ0n) is 21.3. The maximum Gasteiger partial charge on any atom is 1.00 e. The van der Waals surface area contributed by atoms with Crippen molar-refractivity contribution in [3.63, 3.8) is 0 Å². The summed E-state index contributed by atoms with van der Waals surface area (Å²) in [7, 11) is 0. The molecule has 0 amide bonds. The summed E-state index contributed by atoms with van der Waals surface area (Å²) in [6.45, 7) is 12.0. The summed E-state index contributed by atoms with van der Waals surface area (Å²) in [6, 6.07) is 12.3.